The lowest BCUT2D eigenvalue weighted by Gasteiger charge is -2.35. The van der Waals surface area contributed by atoms with E-state index < -0.39 is 11.6 Å². The van der Waals surface area contributed by atoms with Gasteiger partial charge in [-0.05, 0) is 93.8 Å². The van der Waals surface area contributed by atoms with Crippen LogP contribution in [0.3, 0.4) is 0 Å². The SMILES string of the molecule is C#Cc1c(F)ccc(/C=C(O)\C=C\c2ncc3c(N4CC5CCC(C4)N5)nc(OCC45CCCN4C(CC)CC5)nc3c2F)c1C. The molecule has 0 saturated carbocycles. The van der Waals surface area contributed by atoms with E-state index in [1.165, 1.54) is 30.4 Å². The molecular weight excluding hydrogens is 586 g/mol. The number of benzene rings is 1. The fourth-order valence-corrected chi connectivity index (χ4v) is 8.07. The Balaban J connectivity index is 1.21. The van der Waals surface area contributed by atoms with Gasteiger partial charge in [-0.3, -0.25) is 9.88 Å². The third kappa shape index (κ3) is 5.50. The molecular formula is C36H40F2N6O2. The van der Waals surface area contributed by atoms with E-state index in [2.05, 4.69) is 37.9 Å². The Bertz CT molecular complexity index is 1760. The topological polar surface area (TPSA) is 86.6 Å². The number of rotatable bonds is 8. The van der Waals surface area contributed by atoms with Crippen molar-refractivity contribution in [3.8, 4) is 18.4 Å². The number of anilines is 1. The summed E-state index contributed by atoms with van der Waals surface area (Å²) >= 11 is 0. The minimum atomic E-state index is -0.617. The molecule has 3 aromatic rings. The summed E-state index contributed by atoms with van der Waals surface area (Å²) in [6, 6.07) is 4.26. The number of aliphatic hydroxyl groups is 1. The van der Waals surface area contributed by atoms with Crippen molar-refractivity contribution in [3.05, 3.63) is 64.2 Å². The highest BCUT2D eigenvalue weighted by Crippen LogP contribution is 2.43. The van der Waals surface area contributed by atoms with Gasteiger partial charge < -0.3 is 20.1 Å². The van der Waals surface area contributed by atoms with Crippen molar-refractivity contribution >= 4 is 28.9 Å². The number of halogens is 2. The van der Waals surface area contributed by atoms with E-state index in [4.69, 9.17) is 16.1 Å². The van der Waals surface area contributed by atoms with E-state index in [0.717, 1.165) is 64.6 Å². The van der Waals surface area contributed by atoms with Crippen LogP contribution in [0.5, 0.6) is 6.01 Å². The largest absolute Gasteiger partial charge is 0.508 e. The predicted molar refractivity (Wildman–Crippen MR) is 176 cm³/mol. The smallest absolute Gasteiger partial charge is 0.319 e. The van der Waals surface area contributed by atoms with Crippen LogP contribution in [-0.2, 0) is 0 Å². The number of fused-ring (bicyclic) bond motifs is 4. The van der Waals surface area contributed by atoms with E-state index in [-0.39, 0.29) is 34.1 Å². The standard InChI is InChI=1S/C36H40F2N6O2/c1-4-26-13-15-36(14-6-16-44(26)36)21-46-35-41-33-29(34(42-35)43-19-24-8-9-25(20-43)40-24)18-39-31(32(33)38)12-10-27(45)17-23-7-11-30(37)28(5-2)22(23)3/h2,7,10-12,17-18,24-26,40,45H,4,6,8-9,13-16,19-21H2,1,3H3/b12-10+,27-17+. The number of nitrogens with zero attached hydrogens (tertiary/aromatic N) is 5. The second kappa shape index (κ2) is 12.3. The lowest BCUT2D eigenvalue weighted by molar-refractivity contribution is 0.0836. The number of pyridine rings is 1. The fourth-order valence-electron chi connectivity index (χ4n) is 8.07. The van der Waals surface area contributed by atoms with Crippen LogP contribution < -0.4 is 15.0 Å². The van der Waals surface area contributed by atoms with Gasteiger partial charge in [0.15, 0.2) is 5.82 Å². The quantitative estimate of drug-likeness (QED) is 0.181. The van der Waals surface area contributed by atoms with E-state index in [1.54, 1.807) is 13.1 Å². The van der Waals surface area contributed by atoms with Crippen LogP contribution in [0.4, 0.5) is 14.6 Å². The number of aliphatic hydroxyl groups excluding tert-OH is 1. The first-order chi connectivity index (χ1) is 22.3. The van der Waals surface area contributed by atoms with E-state index in [9.17, 15) is 9.50 Å². The zero-order valence-electron chi connectivity index (χ0n) is 26.4. The number of allylic oxidation sites excluding steroid dienone is 1. The second-order valence-corrected chi connectivity index (χ2v) is 13.2. The van der Waals surface area contributed by atoms with Gasteiger partial charge in [0, 0.05) is 37.4 Å². The first-order valence-electron chi connectivity index (χ1n) is 16.4. The summed E-state index contributed by atoms with van der Waals surface area (Å²) in [5, 5.41) is 14.8. The molecule has 0 radical (unpaired) electrons. The summed E-state index contributed by atoms with van der Waals surface area (Å²) in [6.45, 7) is 7.03. The maximum absolute atomic E-state index is 16.2. The van der Waals surface area contributed by atoms with Crippen molar-refractivity contribution in [2.24, 2.45) is 0 Å². The minimum Gasteiger partial charge on any atom is -0.508 e. The number of hydrogen-bond acceptors (Lipinski definition) is 8. The Morgan fingerprint density at radius 3 is 2.76 bits per heavy atom. The van der Waals surface area contributed by atoms with Gasteiger partial charge in [0.25, 0.3) is 0 Å². The molecule has 2 aromatic heterocycles. The van der Waals surface area contributed by atoms with Crippen molar-refractivity contribution in [2.45, 2.75) is 82.5 Å². The molecule has 4 fully saturated rings. The molecule has 2 bridgehead atoms. The van der Waals surface area contributed by atoms with Gasteiger partial charge in [0.1, 0.15) is 35.2 Å². The molecule has 240 valence electrons. The summed E-state index contributed by atoms with van der Waals surface area (Å²) in [6.07, 6.45) is 19.1. The van der Waals surface area contributed by atoms with Gasteiger partial charge in [0.2, 0.25) is 0 Å². The predicted octanol–water partition coefficient (Wildman–Crippen LogP) is 5.93. The lowest BCUT2D eigenvalue weighted by atomic mass is 9.95. The Morgan fingerprint density at radius 2 is 2.00 bits per heavy atom. The molecule has 1 aromatic carbocycles. The molecule has 0 amide bonds. The number of aromatic nitrogens is 3. The molecule has 10 heteroatoms. The van der Waals surface area contributed by atoms with Crippen molar-refractivity contribution in [3.63, 3.8) is 0 Å². The van der Waals surface area contributed by atoms with Gasteiger partial charge >= 0.3 is 6.01 Å². The zero-order chi connectivity index (χ0) is 32.0. The van der Waals surface area contributed by atoms with Crippen molar-refractivity contribution < 1.29 is 18.6 Å². The van der Waals surface area contributed by atoms with E-state index in [0.29, 0.717) is 47.1 Å². The van der Waals surface area contributed by atoms with Crippen LogP contribution in [0.15, 0.2) is 30.2 Å². The maximum Gasteiger partial charge on any atom is 0.319 e. The molecule has 4 aliphatic rings. The molecule has 0 aliphatic carbocycles. The number of nitrogens with one attached hydrogen (secondary N) is 1. The highest BCUT2D eigenvalue weighted by molar-refractivity contribution is 5.91. The molecule has 6 heterocycles. The summed E-state index contributed by atoms with van der Waals surface area (Å²) < 4.78 is 36.7. The highest BCUT2D eigenvalue weighted by Gasteiger charge is 2.49. The van der Waals surface area contributed by atoms with Gasteiger partial charge in [0.05, 0.1) is 16.5 Å². The molecule has 4 unspecified atom stereocenters. The van der Waals surface area contributed by atoms with Gasteiger partial charge in [-0.25, -0.2) is 8.78 Å². The van der Waals surface area contributed by atoms with Crippen molar-refractivity contribution in [1.82, 2.24) is 25.2 Å². The average Bonchev–Trinajstić information content (AvgIpc) is 3.73. The number of piperazine rings is 1. The maximum atomic E-state index is 16.2. The molecule has 8 nitrogen and oxygen atoms in total. The first kappa shape index (κ1) is 30.6. The number of ether oxygens (including phenoxy) is 1. The normalized spacial score (nSPS) is 26.3. The summed E-state index contributed by atoms with van der Waals surface area (Å²) in [5.41, 5.74) is 1.35. The molecule has 0 spiro atoms. The molecule has 4 saturated heterocycles. The van der Waals surface area contributed by atoms with Crippen LogP contribution in [0, 0.1) is 30.9 Å². The molecule has 2 N–H and O–H groups in total. The fraction of sp³-hybridized carbons (Fsp3) is 0.472. The molecule has 46 heavy (non-hydrogen) atoms. The molecule has 7 rings (SSSR count). The average molecular weight is 627 g/mol. The lowest BCUT2D eigenvalue weighted by Crippen LogP contribution is -2.51. The minimum absolute atomic E-state index is 0.0192. The van der Waals surface area contributed by atoms with Crippen molar-refractivity contribution in [1.29, 1.82) is 0 Å². The van der Waals surface area contributed by atoms with E-state index >= 15 is 4.39 Å². The Kier molecular flexibility index (Phi) is 8.16. The van der Waals surface area contributed by atoms with Crippen molar-refractivity contribution in [2.75, 3.05) is 31.1 Å². The molecule has 4 atom stereocenters. The van der Waals surface area contributed by atoms with Crippen LogP contribution in [0.25, 0.3) is 23.1 Å². The van der Waals surface area contributed by atoms with Crippen LogP contribution in [-0.4, -0.2) is 74.9 Å². The third-order valence-electron chi connectivity index (χ3n) is 10.5. The van der Waals surface area contributed by atoms with Gasteiger partial charge in [-0.1, -0.05) is 18.9 Å². The zero-order valence-corrected chi connectivity index (χ0v) is 26.4. The van der Waals surface area contributed by atoms with Crippen LogP contribution in [0.1, 0.15) is 74.3 Å². The summed E-state index contributed by atoms with van der Waals surface area (Å²) in [5.74, 6) is 1.70. The number of terminal acetylenes is 1. The summed E-state index contributed by atoms with van der Waals surface area (Å²) in [7, 11) is 0. The van der Waals surface area contributed by atoms with Gasteiger partial charge in [-0.2, -0.15) is 9.97 Å². The molecule has 4 aliphatic heterocycles. The van der Waals surface area contributed by atoms with Gasteiger partial charge in [-0.15, -0.1) is 6.42 Å². The number of hydrogen-bond donors (Lipinski definition) is 2. The summed E-state index contributed by atoms with van der Waals surface area (Å²) in [4.78, 5) is 18.7. The highest BCUT2D eigenvalue weighted by atomic mass is 19.1. The van der Waals surface area contributed by atoms with Crippen LogP contribution >= 0.6 is 0 Å². The van der Waals surface area contributed by atoms with Crippen LogP contribution in [0.2, 0.25) is 0 Å². The Hall–Kier alpha value is -4.07. The van der Waals surface area contributed by atoms with E-state index in [1.807, 2.05) is 0 Å². The second-order valence-electron chi connectivity index (χ2n) is 13.2. The first-order valence-corrected chi connectivity index (χ1v) is 16.4. The monoisotopic (exact) mass is 626 g/mol. The third-order valence-corrected chi connectivity index (χ3v) is 10.5. The Labute approximate surface area is 268 Å². The Morgan fingerprint density at radius 1 is 1.20 bits per heavy atom.